The number of aromatic nitrogens is 1. The first kappa shape index (κ1) is 17.6. The summed E-state index contributed by atoms with van der Waals surface area (Å²) in [6, 6.07) is 17.0. The summed E-state index contributed by atoms with van der Waals surface area (Å²) in [4.78, 5) is 16.5. The molecule has 25 heavy (non-hydrogen) atoms. The van der Waals surface area contributed by atoms with Gasteiger partial charge in [0.2, 0.25) is 5.91 Å². The molecule has 1 heterocycles. The van der Waals surface area contributed by atoms with Gasteiger partial charge in [0.15, 0.2) is 0 Å². The molecule has 0 radical (unpaired) electrons. The summed E-state index contributed by atoms with van der Waals surface area (Å²) in [7, 11) is 0. The van der Waals surface area contributed by atoms with E-state index >= 15 is 0 Å². The lowest BCUT2D eigenvalue weighted by Crippen LogP contribution is -2.29. The number of aryl methyl sites for hydroxylation is 1. The molecule has 3 rings (SSSR count). The molecule has 0 spiro atoms. The lowest BCUT2D eigenvalue weighted by molar-refractivity contribution is -0.123. The quantitative estimate of drug-likeness (QED) is 0.484. The standard InChI is InChI=1S/C21H24N2OS/c1-14(2)21(24)22-12-13-25-20-17-6-4-5-7-18(17)23-19(20)16-10-8-15(3)9-11-16/h4-11,14,23H,12-13H2,1-3H3,(H,22,24). The maximum Gasteiger partial charge on any atom is 0.222 e. The highest BCUT2D eigenvalue weighted by atomic mass is 32.2. The smallest absolute Gasteiger partial charge is 0.222 e. The van der Waals surface area contributed by atoms with Crippen molar-refractivity contribution in [1.29, 1.82) is 0 Å². The molecular formula is C21H24N2OS. The molecule has 0 unspecified atom stereocenters. The van der Waals surface area contributed by atoms with Crippen molar-refractivity contribution in [2.45, 2.75) is 25.7 Å². The van der Waals surface area contributed by atoms with Gasteiger partial charge >= 0.3 is 0 Å². The fourth-order valence-corrected chi connectivity index (χ4v) is 3.78. The van der Waals surface area contributed by atoms with E-state index in [-0.39, 0.29) is 11.8 Å². The van der Waals surface area contributed by atoms with Crippen LogP contribution < -0.4 is 5.32 Å². The van der Waals surface area contributed by atoms with Gasteiger partial charge in [0, 0.05) is 34.0 Å². The minimum atomic E-state index is 0.0289. The zero-order valence-corrected chi connectivity index (χ0v) is 15.7. The number of carbonyl (C=O) groups excluding carboxylic acids is 1. The van der Waals surface area contributed by atoms with Gasteiger partial charge in [0.1, 0.15) is 0 Å². The molecule has 0 aliphatic carbocycles. The predicted molar refractivity (Wildman–Crippen MR) is 107 cm³/mol. The van der Waals surface area contributed by atoms with Crippen molar-refractivity contribution in [3.05, 3.63) is 54.1 Å². The third-order valence-electron chi connectivity index (χ3n) is 4.17. The van der Waals surface area contributed by atoms with Crippen LogP contribution in [0.2, 0.25) is 0 Å². The first-order valence-electron chi connectivity index (χ1n) is 8.64. The molecule has 0 bridgehead atoms. The number of hydrogen-bond donors (Lipinski definition) is 2. The van der Waals surface area contributed by atoms with Crippen LogP contribution in [0, 0.1) is 12.8 Å². The molecule has 0 aliphatic rings. The highest BCUT2D eigenvalue weighted by molar-refractivity contribution is 7.99. The van der Waals surface area contributed by atoms with E-state index in [1.54, 1.807) is 11.8 Å². The van der Waals surface area contributed by atoms with Crippen LogP contribution in [0.4, 0.5) is 0 Å². The summed E-state index contributed by atoms with van der Waals surface area (Å²) in [6.45, 7) is 6.60. The molecule has 0 aliphatic heterocycles. The van der Waals surface area contributed by atoms with Crippen LogP contribution in [-0.2, 0) is 4.79 Å². The highest BCUT2D eigenvalue weighted by Crippen LogP contribution is 2.37. The van der Waals surface area contributed by atoms with Gasteiger partial charge in [-0.2, -0.15) is 0 Å². The normalized spacial score (nSPS) is 11.2. The Morgan fingerprint density at radius 3 is 2.56 bits per heavy atom. The monoisotopic (exact) mass is 352 g/mol. The number of amides is 1. The van der Waals surface area contributed by atoms with Crippen molar-refractivity contribution in [1.82, 2.24) is 10.3 Å². The SMILES string of the molecule is Cc1ccc(-c2[nH]c3ccccc3c2SCCNC(=O)C(C)C)cc1. The number of benzene rings is 2. The molecule has 3 nitrogen and oxygen atoms in total. The molecule has 0 saturated heterocycles. The third-order valence-corrected chi connectivity index (χ3v) is 5.29. The molecule has 2 aromatic carbocycles. The zero-order chi connectivity index (χ0) is 17.8. The second-order valence-corrected chi connectivity index (χ2v) is 7.64. The van der Waals surface area contributed by atoms with E-state index in [1.807, 2.05) is 13.8 Å². The van der Waals surface area contributed by atoms with Crippen molar-refractivity contribution < 1.29 is 4.79 Å². The van der Waals surface area contributed by atoms with Crippen molar-refractivity contribution in [3.8, 4) is 11.3 Å². The average Bonchev–Trinajstić information content (AvgIpc) is 2.97. The molecule has 1 aromatic heterocycles. The summed E-state index contributed by atoms with van der Waals surface area (Å²) in [5.41, 5.74) is 4.74. The minimum absolute atomic E-state index is 0.0289. The molecule has 3 aromatic rings. The molecule has 0 saturated carbocycles. The van der Waals surface area contributed by atoms with Gasteiger partial charge in [-0.1, -0.05) is 61.9 Å². The van der Waals surface area contributed by atoms with Gasteiger partial charge in [-0.15, -0.1) is 11.8 Å². The minimum Gasteiger partial charge on any atom is -0.355 e. The van der Waals surface area contributed by atoms with Gasteiger partial charge in [-0.25, -0.2) is 0 Å². The molecule has 2 N–H and O–H groups in total. The van der Waals surface area contributed by atoms with E-state index in [0.717, 1.165) is 17.0 Å². The van der Waals surface area contributed by atoms with Crippen LogP contribution >= 0.6 is 11.8 Å². The first-order chi connectivity index (χ1) is 12.1. The Hall–Kier alpha value is -2.20. The van der Waals surface area contributed by atoms with E-state index in [4.69, 9.17) is 0 Å². The summed E-state index contributed by atoms with van der Waals surface area (Å²) in [6.07, 6.45) is 0. The molecule has 1 amide bonds. The lowest BCUT2D eigenvalue weighted by atomic mass is 10.1. The summed E-state index contributed by atoms with van der Waals surface area (Å²) >= 11 is 1.79. The number of thioether (sulfide) groups is 1. The Bertz CT molecular complexity index is 865. The Kier molecular flexibility index (Phi) is 5.49. The topological polar surface area (TPSA) is 44.9 Å². The second kappa shape index (κ2) is 7.79. The van der Waals surface area contributed by atoms with Crippen LogP contribution in [0.25, 0.3) is 22.2 Å². The van der Waals surface area contributed by atoms with E-state index in [2.05, 4.69) is 65.8 Å². The van der Waals surface area contributed by atoms with E-state index < -0.39 is 0 Å². The molecule has 4 heteroatoms. The number of hydrogen-bond acceptors (Lipinski definition) is 2. The van der Waals surface area contributed by atoms with Crippen LogP contribution in [0.1, 0.15) is 19.4 Å². The van der Waals surface area contributed by atoms with Crippen LogP contribution in [-0.4, -0.2) is 23.2 Å². The summed E-state index contributed by atoms with van der Waals surface area (Å²) in [5.74, 6) is 0.985. The largest absolute Gasteiger partial charge is 0.355 e. The number of fused-ring (bicyclic) bond motifs is 1. The first-order valence-corrected chi connectivity index (χ1v) is 9.63. The van der Waals surface area contributed by atoms with E-state index in [1.165, 1.54) is 21.4 Å². The van der Waals surface area contributed by atoms with Gasteiger partial charge < -0.3 is 10.3 Å². The predicted octanol–water partition coefficient (Wildman–Crippen LogP) is 5.01. The second-order valence-electron chi connectivity index (χ2n) is 6.53. The van der Waals surface area contributed by atoms with Gasteiger partial charge in [-0.05, 0) is 18.6 Å². The molecular weight excluding hydrogens is 328 g/mol. The van der Waals surface area contributed by atoms with Gasteiger partial charge in [-0.3, -0.25) is 4.79 Å². The third kappa shape index (κ3) is 4.07. The van der Waals surface area contributed by atoms with E-state index in [0.29, 0.717) is 6.54 Å². The number of nitrogens with one attached hydrogen (secondary N) is 2. The van der Waals surface area contributed by atoms with Gasteiger partial charge in [0.05, 0.1) is 5.69 Å². The fraction of sp³-hybridized carbons (Fsp3) is 0.286. The van der Waals surface area contributed by atoms with Crippen molar-refractivity contribution in [2.75, 3.05) is 12.3 Å². The number of para-hydroxylation sites is 1. The Balaban J connectivity index is 1.84. The number of carbonyl (C=O) groups is 1. The molecule has 130 valence electrons. The van der Waals surface area contributed by atoms with E-state index in [9.17, 15) is 4.79 Å². The van der Waals surface area contributed by atoms with Crippen LogP contribution in [0.15, 0.2) is 53.4 Å². The van der Waals surface area contributed by atoms with Crippen LogP contribution in [0.5, 0.6) is 0 Å². The maximum atomic E-state index is 11.7. The van der Waals surface area contributed by atoms with Gasteiger partial charge in [0.25, 0.3) is 0 Å². The van der Waals surface area contributed by atoms with Crippen LogP contribution in [0.3, 0.4) is 0 Å². The fourth-order valence-electron chi connectivity index (χ4n) is 2.72. The van der Waals surface area contributed by atoms with Crippen molar-refractivity contribution in [2.24, 2.45) is 5.92 Å². The zero-order valence-electron chi connectivity index (χ0n) is 14.9. The average molecular weight is 353 g/mol. The maximum absolute atomic E-state index is 11.7. The molecule has 0 fully saturated rings. The highest BCUT2D eigenvalue weighted by Gasteiger charge is 2.14. The number of rotatable bonds is 6. The summed E-state index contributed by atoms with van der Waals surface area (Å²) in [5, 5.41) is 4.22. The number of H-pyrrole nitrogens is 1. The van der Waals surface area contributed by atoms with Crippen molar-refractivity contribution in [3.63, 3.8) is 0 Å². The Morgan fingerprint density at radius 1 is 1.12 bits per heavy atom. The Labute approximate surface area is 153 Å². The number of aromatic amines is 1. The Morgan fingerprint density at radius 2 is 1.84 bits per heavy atom. The van der Waals surface area contributed by atoms with Crippen molar-refractivity contribution >= 4 is 28.6 Å². The summed E-state index contributed by atoms with van der Waals surface area (Å²) < 4.78 is 0. The lowest BCUT2D eigenvalue weighted by Gasteiger charge is -2.08. The molecule has 0 atom stereocenters.